The molecule has 1 heterocycles. The fourth-order valence-corrected chi connectivity index (χ4v) is 1.20. The summed E-state index contributed by atoms with van der Waals surface area (Å²) in [6, 6.07) is 0. The first-order chi connectivity index (χ1) is 4.43. The maximum atomic E-state index is 5.46. The molecule has 1 rings (SSSR count). The second-order valence-corrected chi connectivity index (χ2v) is 2.55. The summed E-state index contributed by atoms with van der Waals surface area (Å²) in [5.74, 6) is 0. The summed E-state index contributed by atoms with van der Waals surface area (Å²) in [6.07, 6.45) is 4.32. The van der Waals surface area contributed by atoms with E-state index >= 15 is 0 Å². The molecule has 2 nitrogen and oxygen atoms in total. The summed E-state index contributed by atoms with van der Waals surface area (Å²) in [5.41, 5.74) is 0. The smallest absolute Gasteiger partial charge is 0.0699 e. The van der Waals surface area contributed by atoms with Gasteiger partial charge in [0.15, 0.2) is 0 Å². The van der Waals surface area contributed by atoms with Gasteiger partial charge in [-0.1, -0.05) is 0 Å². The van der Waals surface area contributed by atoms with Crippen molar-refractivity contribution < 1.29 is 4.74 Å². The van der Waals surface area contributed by atoms with E-state index in [1.807, 2.05) is 7.05 Å². The molecule has 0 aromatic rings. The summed E-state index contributed by atoms with van der Waals surface area (Å²) in [5, 5.41) is 3.11. The molecule has 1 fully saturated rings. The molecule has 10 heavy (non-hydrogen) atoms. The molecule has 1 saturated heterocycles. The third kappa shape index (κ3) is 3.40. The van der Waals surface area contributed by atoms with Crippen LogP contribution in [0.2, 0.25) is 0 Å². The molecule has 1 aliphatic rings. The number of halogens is 1. The molecule has 0 radical (unpaired) electrons. The van der Waals surface area contributed by atoms with Gasteiger partial charge in [0, 0.05) is 13.2 Å². The summed E-state index contributed by atoms with van der Waals surface area (Å²) < 4.78 is 5.46. The molecule has 1 atom stereocenters. The number of rotatable bonds is 2. The fourth-order valence-electron chi connectivity index (χ4n) is 1.20. The lowest BCUT2D eigenvalue weighted by Gasteiger charge is -2.21. The molecule has 0 unspecified atom stereocenters. The van der Waals surface area contributed by atoms with E-state index in [9.17, 15) is 0 Å². The lowest BCUT2D eigenvalue weighted by Crippen LogP contribution is -2.29. The van der Waals surface area contributed by atoms with E-state index in [-0.39, 0.29) is 12.4 Å². The Labute approximate surface area is 68.7 Å². The van der Waals surface area contributed by atoms with Gasteiger partial charge in [0.1, 0.15) is 0 Å². The zero-order chi connectivity index (χ0) is 6.53. The number of ether oxygens (including phenoxy) is 1. The van der Waals surface area contributed by atoms with Crippen molar-refractivity contribution in [2.45, 2.75) is 25.4 Å². The van der Waals surface area contributed by atoms with Crippen molar-refractivity contribution in [3.63, 3.8) is 0 Å². The van der Waals surface area contributed by atoms with Crippen molar-refractivity contribution in [2.75, 3.05) is 20.2 Å². The van der Waals surface area contributed by atoms with Gasteiger partial charge >= 0.3 is 0 Å². The molecule has 0 spiro atoms. The first-order valence-electron chi connectivity index (χ1n) is 3.69. The van der Waals surface area contributed by atoms with Crippen LogP contribution in [0.15, 0.2) is 0 Å². The van der Waals surface area contributed by atoms with Crippen molar-refractivity contribution >= 4 is 12.4 Å². The van der Waals surface area contributed by atoms with E-state index in [0.29, 0.717) is 6.10 Å². The average Bonchev–Trinajstić information content (AvgIpc) is 1.91. The highest BCUT2D eigenvalue weighted by Crippen LogP contribution is 2.10. The van der Waals surface area contributed by atoms with Crippen LogP contribution < -0.4 is 5.32 Å². The standard InChI is InChI=1S/C7H15NO.ClH/c1-8-6-7-4-2-3-5-9-7;/h7-8H,2-6H2,1H3;1H/t7-;/m1./s1. The molecule has 0 aromatic carbocycles. The van der Waals surface area contributed by atoms with Crippen LogP contribution in [0.4, 0.5) is 0 Å². The van der Waals surface area contributed by atoms with Gasteiger partial charge in [0.25, 0.3) is 0 Å². The quantitative estimate of drug-likeness (QED) is 0.664. The monoisotopic (exact) mass is 165 g/mol. The molecular weight excluding hydrogens is 150 g/mol. The molecule has 62 valence electrons. The molecule has 3 heteroatoms. The molecular formula is C7H16ClNO. The number of hydrogen-bond donors (Lipinski definition) is 1. The Morgan fingerprint density at radius 1 is 1.50 bits per heavy atom. The van der Waals surface area contributed by atoms with Crippen molar-refractivity contribution in [1.29, 1.82) is 0 Å². The molecule has 0 saturated carbocycles. The largest absolute Gasteiger partial charge is 0.377 e. The summed E-state index contributed by atoms with van der Waals surface area (Å²) in [4.78, 5) is 0. The molecule has 0 amide bonds. The van der Waals surface area contributed by atoms with Gasteiger partial charge in [-0.15, -0.1) is 12.4 Å². The average molecular weight is 166 g/mol. The fraction of sp³-hybridized carbons (Fsp3) is 1.00. The van der Waals surface area contributed by atoms with Gasteiger partial charge in [-0.25, -0.2) is 0 Å². The molecule has 0 aromatic heterocycles. The third-order valence-corrected chi connectivity index (χ3v) is 1.71. The van der Waals surface area contributed by atoms with Crippen molar-refractivity contribution in [3.8, 4) is 0 Å². The third-order valence-electron chi connectivity index (χ3n) is 1.71. The summed E-state index contributed by atoms with van der Waals surface area (Å²) in [7, 11) is 1.97. The Morgan fingerprint density at radius 3 is 2.80 bits per heavy atom. The predicted octanol–water partition coefficient (Wildman–Crippen LogP) is 1.20. The normalized spacial score (nSPS) is 25.5. The van der Waals surface area contributed by atoms with Crippen molar-refractivity contribution in [3.05, 3.63) is 0 Å². The zero-order valence-corrected chi connectivity index (χ0v) is 7.25. The lowest BCUT2D eigenvalue weighted by molar-refractivity contribution is 0.0181. The topological polar surface area (TPSA) is 21.3 Å². The van der Waals surface area contributed by atoms with E-state index in [1.165, 1.54) is 19.3 Å². The Kier molecular flexibility index (Phi) is 6.08. The van der Waals surface area contributed by atoms with Crippen LogP contribution >= 0.6 is 12.4 Å². The maximum Gasteiger partial charge on any atom is 0.0699 e. The van der Waals surface area contributed by atoms with Crippen LogP contribution in [0.25, 0.3) is 0 Å². The van der Waals surface area contributed by atoms with E-state index < -0.39 is 0 Å². The minimum atomic E-state index is 0. The van der Waals surface area contributed by atoms with Crippen LogP contribution in [-0.4, -0.2) is 26.3 Å². The Morgan fingerprint density at radius 2 is 2.30 bits per heavy atom. The van der Waals surface area contributed by atoms with Crippen LogP contribution in [0.5, 0.6) is 0 Å². The molecule has 1 aliphatic heterocycles. The molecule has 0 bridgehead atoms. The van der Waals surface area contributed by atoms with Crippen LogP contribution in [0, 0.1) is 0 Å². The zero-order valence-electron chi connectivity index (χ0n) is 6.43. The van der Waals surface area contributed by atoms with Crippen molar-refractivity contribution in [1.82, 2.24) is 5.32 Å². The van der Waals surface area contributed by atoms with Gasteiger partial charge in [-0.3, -0.25) is 0 Å². The summed E-state index contributed by atoms with van der Waals surface area (Å²) in [6.45, 7) is 1.98. The first kappa shape index (κ1) is 10.2. The van der Waals surface area contributed by atoms with Crippen LogP contribution in [0.1, 0.15) is 19.3 Å². The first-order valence-corrected chi connectivity index (χ1v) is 3.69. The van der Waals surface area contributed by atoms with E-state index in [0.717, 1.165) is 13.2 Å². The minimum absolute atomic E-state index is 0. The number of hydrogen-bond acceptors (Lipinski definition) is 2. The van der Waals surface area contributed by atoms with E-state index in [2.05, 4.69) is 5.32 Å². The van der Waals surface area contributed by atoms with Gasteiger partial charge < -0.3 is 10.1 Å². The van der Waals surface area contributed by atoms with Gasteiger partial charge in [0.2, 0.25) is 0 Å². The molecule has 0 aliphatic carbocycles. The van der Waals surface area contributed by atoms with Gasteiger partial charge in [-0.05, 0) is 26.3 Å². The number of nitrogens with one attached hydrogen (secondary N) is 1. The lowest BCUT2D eigenvalue weighted by atomic mass is 10.1. The van der Waals surface area contributed by atoms with Crippen LogP contribution in [-0.2, 0) is 4.74 Å². The highest BCUT2D eigenvalue weighted by molar-refractivity contribution is 5.85. The van der Waals surface area contributed by atoms with Crippen molar-refractivity contribution in [2.24, 2.45) is 0 Å². The van der Waals surface area contributed by atoms with Gasteiger partial charge in [0.05, 0.1) is 6.10 Å². The number of likely N-dealkylation sites (N-methyl/N-ethyl adjacent to an activating group) is 1. The highest BCUT2D eigenvalue weighted by atomic mass is 35.5. The Bertz CT molecular complexity index is 71.3. The highest BCUT2D eigenvalue weighted by Gasteiger charge is 2.11. The van der Waals surface area contributed by atoms with Gasteiger partial charge in [-0.2, -0.15) is 0 Å². The van der Waals surface area contributed by atoms with E-state index in [4.69, 9.17) is 4.74 Å². The summed E-state index contributed by atoms with van der Waals surface area (Å²) >= 11 is 0. The molecule has 1 N–H and O–H groups in total. The SMILES string of the molecule is CNC[C@H]1CCCCO1.Cl. The second-order valence-electron chi connectivity index (χ2n) is 2.55. The van der Waals surface area contributed by atoms with E-state index in [1.54, 1.807) is 0 Å². The maximum absolute atomic E-state index is 5.46. The second kappa shape index (κ2) is 5.96. The minimum Gasteiger partial charge on any atom is -0.377 e. The predicted molar refractivity (Wildman–Crippen MR) is 44.8 cm³/mol. The Hall–Kier alpha value is 0.210. The van der Waals surface area contributed by atoms with Crippen LogP contribution in [0.3, 0.4) is 0 Å². The Balaban J connectivity index is 0.000000810.